The number of alkyl halides is 3. The van der Waals surface area contributed by atoms with Crippen molar-refractivity contribution in [2.75, 3.05) is 5.73 Å². The van der Waals surface area contributed by atoms with Crippen molar-refractivity contribution in [1.82, 2.24) is 4.98 Å². The van der Waals surface area contributed by atoms with Crippen molar-refractivity contribution in [2.24, 2.45) is 0 Å². The Morgan fingerprint density at radius 3 is 2.19 bits per heavy atom. The lowest BCUT2D eigenvalue weighted by Crippen LogP contribution is -2.41. The van der Waals surface area contributed by atoms with Gasteiger partial charge in [0.1, 0.15) is 0 Å². The van der Waals surface area contributed by atoms with Crippen LogP contribution in [0.3, 0.4) is 0 Å². The lowest BCUT2D eigenvalue weighted by Gasteiger charge is -2.32. The van der Waals surface area contributed by atoms with Gasteiger partial charge in [-0.3, -0.25) is 0 Å². The van der Waals surface area contributed by atoms with Gasteiger partial charge >= 0.3 is 13.5 Å². The molecule has 1 aliphatic rings. The minimum atomic E-state index is -4.84. The van der Waals surface area contributed by atoms with E-state index < -0.39 is 30.4 Å². The molecule has 2 heterocycles. The zero-order valence-corrected chi connectivity index (χ0v) is 12.1. The van der Waals surface area contributed by atoms with Crippen LogP contribution in [0, 0.1) is 0 Å². The van der Waals surface area contributed by atoms with Gasteiger partial charge in [-0.2, -0.15) is 0 Å². The fourth-order valence-electron chi connectivity index (χ4n) is 1.78. The Hall–Kier alpha value is -1.48. The number of nitrogens with zero attached hydrogens (tertiary/aromatic N) is 1. The van der Waals surface area contributed by atoms with Crippen molar-refractivity contribution >= 4 is 18.4 Å². The second-order valence-corrected chi connectivity index (χ2v) is 5.79. The number of hydrogen-bond acceptors (Lipinski definition) is 5. The maximum Gasteiger partial charge on any atom is 0.573 e. The molecule has 116 valence electrons. The van der Waals surface area contributed by atoms with Crippen LogP contribution in [0.4, 0.5) is 19.0 Å². The van der Waals surface area contributed by atoms with Gasteiger partial charge in [-0.1, -0.05) is 0 Å². The standard InChI is InChI=1S/C12H16BF3N2O3/c1-10(2)11(3,4)21-13(20-10)7-5-8(9(17)18-6-7)19-12(14,15)16/h5-6H,1-4H3,(H2,17,18). The largest absolute Gasteiger partial charge is 0.573 e. The van der Waals surface area contributed by atoms with E-state index in [1.54, 1.807) is 0 Å². The van der Waals surface area contributed by atoms with Crippen LogP contribution in [0.5, 0.6) is 5.75 Å². The summed E-state index contributed by atoms with van der Waals surface area (Å²) in [6.07, 6.45) is -3.54. The molecule has 5 nitrogen and oxygen atoms in total. The second-order valence-electron chi connectivity index (χ2n) is 5.79. The van der Waals surface area contributed by atoms with E-state index in [9.17, 15) is 13.2 Å². The molecule has 1 aromatic rings. The molecule has 0 aromatic carbocycles. The Kier molecular flexibility index (Phi) is 3.62. The van der Waals surface area contributed by atoms with E-state index in [-0.39, 0.29) is 5.82 Å². The number of anilines is 1. The van der Waals surface area contributed by atoms with Crippen molar-refractivity contribution in [3.63, 3.8) is 0 Å². The molecule has 1 saturated heterocycles. The van der Waals surface area contributed by atoms with Crippen LogP contribution >= 0.6 is 0 Å². The van der Waals surface area contributed by atoms with Crippen LogP contribution in [0.15, 0.2) is 12.3 Å². The van der Waals surface area contributed by atoms with Crippen molar-refractivity contribution in [3.05, 3.63) is 12.3 Å². The minimum absolute atomic E-state index is 0.308. The Morgan fingerprint density at radius 1 is 1.19 bits per heavy atom. The van der Waals surface area contributed by atoms with E-state index in [0.717, 1.165) is 6.07 Å². The lowest BCUT2D eigenvalue weighted by molar-refractivity contribution is -0.274. The Morgan fingerprint density at radius 2 is 1.71 bits per heavy atom. The molecule has 21 heavy (non-hydrogen) atoms. The maximum atomic E-state index is 12.3. The van der Waals surface area contributed by atoms with Crippen molar-refractivity contribution in [3.8, 4) is 5.75 Å². The normalized spacial score (nSPS) is 20.6. The van der Waals surface area contributed by atoms with E-state index in [2.05, 4.69) is 9.72 Å². The highest BCUT2D eigenvalue weighted by Crippen LogP contribution is 2.37. The first-order chi connectivity index (χ1) is 9.41. The number of aromatic nitrogens is 1. The minimum Gasteiger partial charge on any atom is -0.402 e. The molecule has 0 amide bonds. The van der Waals surface area contributed by atoms with Gasteiger partial charge in [-0.25, -0.2) is 4.98 Å². The molecule has 1 aromatic heterocycles. The molecule has 0 atom stereocenters. The van der Waals surface area contributed by atoms with Crippen molar-refractivity contribution in [1.29, 1.82) is 0 Å². The van der Waals surface area contributed by atoms with Gasteiger partial charge in [-0.15, -0.1) is 13.2 Å². The molecule has 2 rings (SSSR count). The van der Waals surface area contributed by atoms with Crippen LogP contribution in [0.25, 0.3) is 0 Å². The monoisotopic (exact) mass is 304 g/mol. The van der Waals surface area contributed by atoms with E-state index >= 15 is 0 Å². The summed E-state index contributed by atoms with van der Waals surface area (Å²) in [5.74, 6) is -0.928. The van der Waals surface area contributed by atoms with Gasteiger partial charge in [0.05, 0.1) is 11.2 Å². The van der Waals surface area contributed by atoms with E-state index in [4.69, 9.17) is 15.0 Å². The third kappa shape index (κ3) is 3.24. The first kappa shape index (κ1) is 15.9. The molecule has 9 heteroatoms. The van der Waals surface area contributed by atoms with E-state index in [1.165, 1.54) is 6.20 Å². The number of halogens is 3. The van der Waals surface area contributed by atoms with Crippen molar-refractivity contribution < 1.29 is 27.2 Å². The summed E-state index contributed by atoms with van der Waals surface area (Å²) < 4.78 is 52.2. The third-order valence-electron chi connectivity index (χ3n) is 3.65. The summed E-state index contributed by atoms with van der Waals surface area (Å²) in [6, 6.07) is 1.12. The number of nitrogens with two attached hydrogens (primary N) is 1. The summed E-state index contributed by atoms with van der Waals surface area (Å²) in [4.78, 5) is 3.70. The number of hydrogen-bond donors (Lipinski definition) is 1. The highest BCUT2D eigenvalue weighted by molar-refractivity contribution is 6.62. The predicted octanol–water partition coefficient (Wildman–Crippen LogP) is 1.86. The second kappa shape index (κ2) is 4.77. The maximum absolute atomic E-state index is 12.3. The van der Waals surface area contributed by atoms with Crippen LogP contribution in [0.1, 0.15) is 27.7 Å². The summed E-state index contributed by atoms with van der Waals surface area (Å²) in [6.45, 7) is 7.35. The molecule has 1 fully saturated rings. The van der Waals surface area contributed by atoms with Crippen LogP contribution in [-0.2, 0) is 9.31 Å². The molecule has 0 bridgehead atoms. The fraction of sp³-hybridized carbons (Fsp3) is 0.583. The summed E-state index contributed by atoms with van der Waals surface area (Å²) in [5.41, 5.74) is 4.48. The average molecular weight is 304 g/mol. The van der Waals surface area contributed by atoms with Crippen LogP contribution in [0.2, 0.25) is 0 Å². The number of ether oxygens (including phenoxy) is 1. The predicted molar refractivity (Wildman–Crippen MR) is 71.0 cm³/mol. The molecule has 0 saturated carbocycles. The highest BCUT2D eigenvalue weighted by Gasteiger charge is 2.52. The topological polar surface area (TPSA) is 66.6 Å². The average Bonchev–Trinajstić information content (AvgIpc) is 2.49. The zero-order chi connectivity index (χ0) is 16.1. The van der Waals surface area contributed by atoms with Crippen molar-refractivity contribution in [2.45, 2.75) is 45.3 Å². The molecule has 0 radical (unpaired) electrons. The zero-order valence-electron chi connectivity index (χ0n) is 12.1. The van der Waals surface area contributed by atoms with Gasteiger partial charge in [0.2, 0.25) is 0 Å². The van der Waals surface area contributed by atoms with Gasteiger partial charge in [-0.05, 0) is 33.8 Å². The Bertz CT molecular complexity index is 533. The third-order valence-corrected chi connectivity index (χ3v) is 3.65. The van der Waals surface area contributed by atoms with E-state index in [0.29, 0.717) is 5.46 Å². The smallest absolute Gasteiger partial charge is 0.402 e. The first-order valence-electron chi connectivity index (χ1n) is 6.28. The first-order valence-corrected chi connectivity index (χ1v) is 6.28. The quantitative estimate of drug-likeness (QED) is 0.845. The van der Waals surface area contributed by atoms with Gasteiger partial charge in [0.15, 0.2) is 11.6 Å². The summed E-state index contributed by atoms with van der Waals surface area (Å²) >= 11 is 0. The summed E-state index contributed by atoms with van der Waals surface area (Å²) in [5, 5.41) is 0. The highest BCUT2D eigenvalue weighted by atomic mass is 19.4. The number of rotatable bonds is 2. The Labute approximate surface area is 120 Å². The lowest BCUT2D eigenvalue weighted by atomic mass is 9.80. The number of nitrogen functional groups attached to an aromatic ring is 1. The molecule has 0 aliphatic carbocycles. The molecular formula is C12H16BF3N2O3. The van der Waals surface area contributed by atoms with Gasteiger partial charge < -0.3 is 19.8 Å². The van der Waals surface area contributed by atoms with Crippen LogP contribution in [-0.4, -0.2) is 29.7 Å². The van der Waals surface area contributed by atoms with E-state index in [1.807, 2.05) is 27.7 Å². The molecule has 2 N–H and O–H groups in total. The molecular weight excluding hydrogens is 288 g/mol. The Balaban J connectivity index is 2.29. The fourth-order valence-corrected chi connectivity index (χ4v) is 1.78. The molecule has 1 aliphatic heterocycles. The van der Waals surface area contributed by atoms with Gasteiger partial charge in [0.25, 0.3) is 0 Å². The van der Waals surface area contributed by atoms with Gasteiger partial charge in [0, 0.05) is 11.7 Å². The van der Waals surface area contributed by atoms with Crippen LogP contribution < -0.4 is 15.9 Å². The molecule has 0 unspecified atom stereocenters. The summed E-state index contributed by atoms with van der Waals surface area (Å²) in [7, 11) is -0.835. The number of pyridine rings is 1. The molecule has 0 spiro atoms. The SMILES string of the molecule is CC1(C)OB(c2cnc(N)c(OC(F)(F)F)c2)OC1(C)C.